The van der Waals surface area contributed by atoms with E-state index >= 15 is 0 Å². The van der Waals surface area contributed by atoms with E-state index < -0.39 is 0 Å². The van der Waals surface area contributed by atoms with Gasteiger partial charge in [-0.1, -0.05) is 18.2 Å². The van der Waals surface area contributed by atoms with Crippen molar-refractivity contribution in [2.75, 3.05) is 33.9 Å². The monoisotopic (exact) mass is 291 g/mol. The lowest BCUT2D eigenvalue weighted by Crippen LogP contribution is -2.36. The molecule has 21 heavy (non-hydrogen) atoms. The zero-order valence-electron chi connectivity index (χ0n) is 13.1. The molecule has 0 unspecified atom stereocenters. The van der Waals surface area contributed by atoms with Crippen LogP contribution in [-0.4, -0.2) is 39.9 Å². The first kappa shape index (κ1) is 17.0. The summed E-state index contributed by atoms with van der Waals surface area (Å²) in [5, 5.41) is 6.38. The van der Waals surface area contributed by atoms with Crippen molar-refractivity contribution < 1.29 is 9.47 Å². The molecule has 1 rings (SSSR count). The van der Waals surface area contributed by atoms with Crippen LogP contribution in [0.3, 0.4) is 0 Å². The Morgan fingerprint density at radius 3 is 2.81 bits per heavy atom. The molecule has 0 saturated heterocycles. The Labute approximate surface area is 127 Å². The fourth-order valence-corrected chi connectivity index (χ4v) is 1.75. The van der Waals surface area contributed by atoms with Crippen LogP contribution in [0.5, 0.6) is 5.75 Å². The minimum Gasteiger partial charge on any atom is -0.491 e. The second kappa shape index (κ2) is 9.83. The molecule has 0 atom stereocenters. The van der Waals surface area contributed by atoms with Crippen LogP contribution in [0.1, 0.15) is 11.1 Å². The highest BCUT2D eigenvalue weighted by Gasteiger charge is 2.05. The maximum atomic E-state index is 5.76. The largest absolute Gasteiger partial charge is 0.491 e. The Morgan fingerprint density at radius 1 is 1.33 bits per heavy atom. The predicted molar refractivity (Wildman–Crippen MR) is 86.9 cm³/mol. The lowest BCUT2D eigenvalue weighted by Gasteiger charge is -2.15. The number of methoxy groups -OCH3 is 1. The van der Waals surface area contributed by atoms with E-state index in [2.05, 4.69) is 34.3 Å². The van der Waals surface area contributed by atoms with Gasteiger partial charge >= 0.3 is 0 Å². The number of nitrogens with one attached hydrogen (secondary N) is 2. The van der Waals surface area contributed by atoms with E-state index in [-0.39, 0.29) is 0 Å². The summed E-state index contributed by atoms with van der Waals surface area (Å²) >= 11 is 0. The van der Waals surface area contributed by atoms with Gasteiger partial charge in [0.2, 0.25) is 0 Å². The summed E-state index contributed by atoms with van der Waals surface area (Å²) in [5.74, 6) is 1.61. The molecule has 0 aliphatic heterocycles. The third-order valence-electron chi connectivity index (χ3n) is 2.85. The maximum absolute atomic E-state index is 5.76. The summed E-state index contributed by atoms with van der Waals surface area (Å²) in [7, 11) is 3.40. The first-order chi connectivity index (χ1) is 10.2. The molecular weight excluding hydrogens is 266 g/mol. The molecule has 0 aliphatic carbocycles. The third-order valence-corrected chi connectivity index (χ3v) is 2.85. The van der Waals surface area contributed by atoms with E-state index in [9.17, 15) is 0 Å². The molecule has 2 N–H and O–H groups in total. The van der Waals surface area contributed by atoms with E-state index in [1.165, 1.54) is 5.56 Å². The molecule has 0 amide bonds. The molecule has 116 valence electrons. The average molecular weight is 291 g/mol. The molecule has 0 heterocycles. The van der Waals surface area contributed by atoms with Gasteiger partial charge in [0.05, 0.1) is 6.61 Å². The number of nitrogens with zero attached hydrogens (tertiary/aromatic N) is 1. The summed E-state index contributed by atoms with van der Waals surface area (Å²) in [6, 6.07) is 6.16. The molecule has 0 radical (unpaired) electrons. The topological polar surface area (TPSA) is 54.9 Å². The van der Waals surface area contributed by atoms with Gasteiger partial charge in [0.1, 0.15) is 12.4 Å². The average Bonchev–Trinajstić information content (AvgIpc) is 2.49. The molecule has 0 spiro atoms. The van der Waals surface area contributed by atoms with Gasteiger partial charge in [-0.15, -0.1) is 6.58 Å². The van der Waals surface area contributed by atoms with Crippen molar-refractivity contribution in [3.05, 3.63) is 42.0 Å². The van der Waals surface area contributed by atoms with Crippen molar-refractivity contribution in [3.8, 4) is 5.75 Å². The van der Waals surface area contributed by atoms with E-state index in [1.807, 2.05) is 13.0 Å². The van der Waals surface area contributed by atoms with E-state index in [1.54, 1.807) is 20.2 Å². The first-order valence-electron chi connectivity index (χ1n) is 6.98. The Morgan fingerprint density at radius 2 is 2.14 bits per heavy atom. The lowest BCUT2D eigenvalue weighted by atomic mass is 10.1. The smallest absolute Gasteiger partial charge is 0.191 e. The molecule has 1 aromatic carbocycles. The fourth-order valence-electron chi connectivity index (χ4n) is 1.75. The number of guanidine groups is 1. The van der Waals surface area contributed by atoms with Gasteiger partial charge in [-0.3, -0.25) is 4.99 Å². The third kappa shape index (κ3) is 6.31. The van der Waals surface area contributed by atoms with Crippen LogP contribution < -0.4 is 15.4 Å². The molecule has 5 nitrogen and oxygen atoms in total. The minimum atomic E-state index is 0.538. The molecule has 0 fully saturated rings. The Kier molecular flexibility index (Phi) is 7.97. The number of benzene rings is 1. The zero-order valence-corrected chi connectivity index (χ0v) is 13.1. The lowest BCUT2D eigenvalue weighted by molar-refractivity contribution is 0.145. The maximum Gasteiger partial charge on any atom is 0.191 e. The number of aryl methyl sites for hydroxylation is 1. The van der Waals surface area contributed by atoms with Crippen LogP contribution in [0, 0.1) is 6.92 Å². The number of aliphatic imine (C=N–C) groups is 1. The normalized spacial score (nSPS) is 11.1. The first-order valence-corrected chi connectivity index (χ1v) is 6.98. The molecule has 0 aromatic heterocycles. The Bertz CT molecular complexity index is 473. The Hall–Kier alpha value is -2.01. The second-order valence-electron chi connectivity index (χ2n) is 4.55. The quantitative estimate of drug-likeness (QED) is 0.332. The van der Waals surface area contributed by atoms with Crippen molar-refractivity contribution >= 4 is 5.96 Å². The van der Waals surface area contributed by atoms with Gasteiger partial charge in [0.25, 0.3) is 0 Å². The Balaban J connectivity index is 2.66. The van der Waals surface area contributed by atoms with Crippen LogP contribution in [0.25, 0.3) is 0 Å². The van der Waals surface area contributed by atoms with E-state index in [4.69, 9.17) is 9.47 Å². The van der Waals surface area contributed by atoms with Crippen molar-refractivity contribution in [3.63, 3.8) is 0 Å². The van der Waals surface area contributed by atoms with Crippen molar-refractivity contribution in [1.82, 2.24) is 10.6 Å². The number of hydrogen-bond acceptors (Lipinski definition) is 3. The molecule has 5 heteroatoms. The highest BCUT2D eigenvalue weighted by molar-refractivity contribution is 5.79. The van der Waals surface area contributed by atoms with Gasteiger partial charge in [0, 0.05) is 32.8 Å². The van der Waals surface area contributed by atoms with Crippen molar-refractivity contribution in [2.24, 2.45) is 4.99 Å². The van der Waals surface area contributed by atoms with Crippen LogP contribution in [0.2, 0.25) is 0 Å². The number of ether oxygens (including phenoxy) is 2. The second-order valence-corrected chi connectivity index (χ2v) is 4.55. The summed E-state index contributed by atoms with van der Waals surface area (Å²) in [4.78, 5) is 4.15. The number of rotatable bonds is 8. The number of hydrogen-bond donors (Lipinski definition) is 2. The van der Waals surface area contributed by atoms with Gasteiger partial charge in [-0.25, -0.2) is 0 Å². The molecule has 0 aliphatic rings. The molecule has 1 aromatic rings. The van der Waals surface area contributed by atoms with Gasteiger partial charge in [0.15, 0.2) is 5.96 Å². The van der Waals surface area contributed by atoms with Crippen LogP contribution in [-0.2, 0) is 11.3 Å². The van der Waals surface area contributed by atoms with Crippen molar-refractivity contribution in [2.45, 2.75) is 13.5 Å². The standard InChI is InChI=1S/C16H25N3O2/c1-5-8-18-16(17-3)19-12-14-7-6-13(2)11-15(14)21-10-9-20-4/h5-7,11H,1,8-10,12H2,2-4H3,(H2,17,18,19). The van der Waals surface area contributed by atoms with Crippen LogP contribution in [0.4, 0.5) is 0 Å². The van der Waals surface area contributed by atoms with E-state index in [0.29, 0.717) is 26.3 Å². The molecular formula is C16H25N3O2. The van der Waals surface area contributed by atoms with Crippen LogP contribution in [0.15, 0.2) is 35.8 Å². The zero-order chi connectivity index (χ0) is 15.5. The summed E-state index contributed by atoms with van der Waals surface area (Å²) in [5.41, 5.74) is 2.25. The van der Waals surface area contributed by atoms with Gasteiger partial charge in [-0.2, -0.15) is 0 Å². The minimum absolute atomic E-state index is 0.538. The van der Waals surface area contributed by atoms with E-state index in [0.717, 1.165) is 17.3 Å². The molecule has 0 saturated carbocycles. The van der Waals surface area contributed by atoms with Crippen molar-refractivity contribution in [1.29, 1.82) is 0 Å². The summed E-state index contributed by atoms with van der Waals surface area (Å²) < 4.78 is 10.8. The van der Waals surface area contributed by atoms with Crippen LogP contribution >= 0.6 is 0 Å². The summed E-state index contributed by atoms with van der Waals surface area (Å²) in [6.07, 6.45) is 1.79. The SMILES string of the molecule is C=CCNC(=NC)NCc1ccc(C)cc1OCCOC. The highest BCUT2D eigenvalue weighted by atomic mass is 16.5. The van der Waals surface area contributed by atoms with Gasteiger partial charge < -0.3 is 20.1 Å². The highest BCUT2D eigenvalue weighted by Crippen LogP contribution is 2.20. The molecule has 0 bridgehead atoms. The summed E-state index contributed by atoms with van der Waals surface area (Å²) in [6.45, 7) is 8.14. The predicted octanol–water partition coefficient (Wildman–Crippen LogP) is 1.87. The van der Waals surface area contributed by atoms with Gasteiger partial charge in [-0.05, 0) is 18.6 Å². The fraction of sp³-hybridized carbons (Fsp3) is 0.438.